The molecule has 0 amide bonds. The fraction of sp³-hybridized carbons (Fsp3) is 0.182. The van der Waals surface area contributed by atoms with E-state index in [1.165, 1.54) is 7.11 Å². The van der Waals surface area contributed by atoms with Crippen molar-refractivity contribution >= 4 is 27.5 Å². The Morgan fingerprint density at radius 3 is 2.61 bits per heavy atom. The Kier molecular flexibility index (Phi) is 3.98. The monoisotopic (exact) mass is 329 g/mol. The van der Waals surface area contributed by atoms with Crippen molar-refractivity contribution in [3.05, 3.63) is 33.5 Å². The van der Waals surface area contributed by atoms with Crippen LogP contribution in [0.3, 0.4) is 0 Å². The molecule has 0 saturated carbocycles. The quantitative estimate of drug-likeness (QED) is 0.863. The molecule has 0 aliphatic heterocycles. The first-order chi connectivity index (χ1) is 8.58. The van der Waals surface area contributed by atoms with Crippen LogP contribution in [-0.2, 0) is 0 Å². The summed E-state index contributed by atoms with van der Waals surface area (Å²) in [5, 5.41) is 0.0181. The molecule has 1 heterocycles. The summed E-state index contributed by atoms with van der Waals surface area (Å²) in [5.74, 6) is 0.633. The number of benzene rings is 1. The molecular formula is C11H9BrClN3O2. The van der Waals surface area contributed by atoms with Gasteiger partial charge in [0.2, 0.25) is 5.28 Å². The first kappa shape index (κ1) is 13.0. The first-order valence-electron chi connectivity index (χ1n) is 4.98. The highest BCUT2D eigenvalue weighted by Crippen LogP contribution is 2.27. The molecule has 5 nitrogen and oxygen atoms in total. The van der Waals surface area contributed by atoms with Gasteiger partial charge in [-0.3, -0.25) is 0 Å². The molecule has 1 aromatic heterocycles. The van der Waals surface area contributed by atoms with Gasteiger partial charge in [0.25, 0.3) is 0 Å². The number of hydrogen-bond acceptors (Lipinski definition) is 5. The lowest BCUT2D eigenvalue weighted by molar-refractivity contribution is 0.358. The van der Waals surface area contributed by atoms with Gasteiger partial charge >= 0.3 is 12.0 Å². The summed E-state index contributed by atoms with van der Waals surface area (Å²) >= 11 is 9.10. The van der Waals surface area contributed by atoms with E-state index < -0.39 is 0 Å². The van der Waals surface area contributed by atoms with Crippen LogP contribution in [0.15, 0.2) is 22.7 Å². The number of nitrogens with zero attached hydrogens (tertiary/aromatic N) is 3. The minimum atomic E-state index is 0.0181. The summed E-state index contributed by atoms with van der Waals surface area (Å²) in [6.07, 6.45) is 0. The summed E-state index contributed by atoms with van der Waals surface area (Å²) in [5.41, 5.74) is 0.953. The highest BCUT2D eigenvalue weighted by atomic mass is 79.9. The fourth-order valence-electron chi connectivity index (χ4n) is 1.23. The van der Waals surface area contributed by atoms with Crippen molar-refractivity contribution in [1.29, 1.82) is 0 Å². The summed E-state index contributed by atoms with van der Waals surface area (Å²) < 4.78 is 11.3. The largest absolute Gasteiger partial charge is 0.467 e. The van der Waals surface area contributed by atoms with Gasteiger partial charge in [-0.1, -0.05) is 22.0 Å². The van der Waals surface area contributed by atoms with Crippen molar-refractivity contribution in [2.45, 2.75) is 6.92 Å². The SMILES string of the molecule is COc1nc(Cl)nc(Oc2cc(Br)ccc2C)n1. The van der Waals surface area contributed by atoms with Crippen molar-refractivity contribution in [3.8, 4) is 17.8 Å². The third kappa shape index (κ3) is 3.08. The van der Waals surface area contributed by atoms with Crippen LogP contribution in [0.25, 0.3) is 0 Å². The molecule has 0 unspecified atom stereocenters. The van der Waals surface area contributed by atoms with Gasteiger partial charge in [-0.05, 0) is 36.2 Å². The average molecular weight is 331 g/mol. The van der Waals surface area contributed by atoms with Gasteiger partial charge in [-0.25, -0.2) is 0 Å². The molecule has 0 bridgehead atoms. The second-order valence-corrected chi connectivity index (χ2v) is 4.64. The van der Waals surface area contributed by atoms with Crippen LogP contribution in [0, 0.1) is 6.92 Å². The van der Waals surface area contributed by atoms with E-state index in [0.29, 0.717) is 5.75 Å². The Morgan fingerprint density at radius 1 is 1.17 bits per heavy atom. The molecule has 0 spiro atoms. The molecule has 0 radical (unpaired) electrons. The van der Waals surface area contributed by atoms with Gasteiger partial charge in [0.15, 0.2) is 0 Å². The van der Waals surface area contributed by atoms with Gasteiger partial charge in [-0.2, -0.15) is 9.97 Å². The maximum atomic E-state index is 5.73. The van der Waals surface area contributed by atoms with Crippen LogP contribution >= 0.6 is 27.5 Å². The van der Waals surface area contributed by atoms with Gasteiger partial charge in [0, 0.05) is 4.47 Å². The van der Waals surface area contributed by atoms with Gasteiger partial charge in [-0.15, -0.1) is 4.98 Å². The molecule has 2 rings (SSSR count). The molecule has 18 heavy (non-hydrogen) atoms. The third-order valence-corrected chi connectivity index (χ3v) is 2.76. The number of aryl methyl sites for hydroxylation is 1. The van der Waals surface area contributed by atoms with Crippen LogP contribution in [0.5, 0.6) is 17.8 Å². The zero-order chi connectivity index (χ0) is 13.1. The zero-order valence-corrected chi connectivity index (χ0v) is 12.0. The topological polar surface area (TPSA) is 57.1 Å². The average Bonchev–Trinajstić information content (AvgIpc) is 2.33. The Bertz CT molecular complexity index is 580. The lowest BCUT2D eigenvalue weighted by Gasteiger charge is -2.08. The van der Waals surface area contributed by atoms with Gasteiger partial charge in [0.1, 0.15) is 5.75 Å². The molecule has 0 aliphatic rings. The Hall–Kier alpha value is -1.40. The molecule has 0 N–H and O–H groups in total. The van der Waals surface area contributed by atoms with Crippen molar-refractivity contribution in [2.75, 3.05) is 7.11 Å². The number of methoxy groups -OCH3 is 1. The van der Waals surface area contributed by atoms with Crippen LogP contribution in [0.1, 0.15) is 5.56 Å². The number of halogens is 2. The normalized spacial score (nSPS) is 10.2. The second-order valence-electron chi connectivity index (χ2n) is 3.39. The Morgan fingerprint density at radius 2 is 1.89 bits per heavy atom. The van der Waals surface area contributed by atoms with Gasteiger partial charge in [0.05, 0.1) is 7.11 Å². The summed E-state index contributed by atoms with van der Waals surface area (Å²) in [6, 6.07) is 5.85. The molecule has 7 heteroatoms. The van der Waals surface area contributed by atoms with Crippen molar-refractivity contribution < 1.29 is 9.47 Å². The van der Waals surface area contributed by atoms with E-state index in [-0.39, 0.29) is 17.3 Å². The van der Waals surface area contributed by atoms with E-state index in [1.54, 1.807) is 0 Å². The van der Waals surface area contributed by atoms with Gasteiger partial charge < -0.3 is 9.47 Å². The fourth-order valence-corrected chi connectivity index (χ4v) is 1.72. The highest BCUT2D eigenvalue weighted by molar-refractivity contribution is 9.10. The van der Waals surface area contributed by atoms with Crippen LogP contribution in [-0.4, -0.2) is 22.1 Å². The zero-order valence-electron chi connectivity index (χ0n) is 9.65. The maximum absolute atomic E-state index is 5.73. The lowest BCUT2D eigenvalue weighted by Crippen LogP contribution is -1.99. The molecule has 94 valence electrons. The number of rotatable bonds is 3. The number of aromatic nitrogens is 3. The summed E-state index contributed by atoms with van der Waals surface area (Å²) in [6.45, 7) is 1.92. The highest BCUT2D eigenvalue weighted by Gasteiger charge is 2.09. The smallest absolute Gasteiger partial charge is 0.329 e. The van der Waals surface area contributed by atoms with Crippen LogP contribution in [0.4, 0.5) is 0 Å². The van der Waals surface area contributed by atoms with Crippen molar-refractivity contribution in [1.82, 2.24) is 15.0 Å². The molecule has 0 fully saturated rings. The molecule has 1 aromatic carbocycles. The minimum absolute atomic E-state index is 0.0181. The number of ether oxygens (including phenoxy) is 2. The predicted molar refractivity (Wildman–Crippen MR) is 70.3 cm³/mol. The van der Waals surface area contributed by atoms with E-state index in [4.69, 9.17) is 21.1 Å². The lowest BCUT2D eigenvalue weighted by atomic mass is 10.2. The van der Waals surface area contributed by atoms with Crippen LogP contribution < -0.4 is 9.47 Å². The summed E-state index contributed by atoms with van der Waals surface area (Å²) in [4.78, 5) is 11.6. The second kappa shape index (κ2) is 5.49. The van der Waals surface area contributed by atoms with E-state index in [2.05, 4.69) is 30.9 Å². The molecule has 2 aromatic rings. The Balaban J connectivity index is 2.33. The van der Waals surface area contributed by atoms with E-state index in [9.17, 15) is 0 Å². The van der Waals surface area contributed by atoms with E-state index in [1.807, 2.05) is 25.1 Å². The predicted octanol–water partition coefficient (Wildman–Crippen LogP) is 3.40. The standard InChI is InChI=1S/C11H9BrClN3O2/c1-6-3-4-7(12)5-8(6)18-11-15-9(13)14-10(16-11)17-2/h3-5H,1-2H3. The third-order valence-electron chi connectivity index (χ3n) is 2.10. The van der Waals surface area contributed by atoms with Crippen molar-refractivity contribution in [3.63, 3.8) is 0 Å². The molecular weight excluding hydrogens is 321 g/mol. The first-order valence-corrected chi connectivity index (χ1v) is 6.15. The minimum Gasteiger partial charge on any atom is -0.467 e. The molecule has 0 atom stereocenters. The summed E-state index contributed by atoms with van der Waals surface area (Å²) in [7, 11) is 1.44. The molecule has 0 saturated heterocycles. The van der Waals surface area contributed by atoms with Crippen molar-refractivity contribution in [2.24, 2.45) is 0 Å². The van der Waals surface area contributed by atoms with E-state index >= 15 is 0 Å². The number of hydrogen-bond donors (Lipinski definition) is 0. The Labute approximate surface area is 117 Å². The van der Waals surface area contributed by atoms with Crippen LogP contribution in [0.2, 0.25) is 5.28 Å². The molecule has 0 aliphatic carbocycles. The maximum Gasteiger partial charge on any atom is 0.329 e. The van der Waals surface area contributed by atoms with E-state index in [0.717, 1.165) is 10.0 Å².